The van der Waals surface area contributed by atoms with Gasteiger partial charge in [-0.3, -0.25) is 4.57 Å². The number of nitrogens with zero attached hydrogens (tertiary/aromatic N) is 4. The number of rotatable bonds is 4. The number of aromatic nitrogens is 4. The van der Waals surface area contributed by atoms with Crippen LogP contribution in [0, 0.1) is 0 Å². The summed E-state index contributed by atoms with van der Waals surface area (Å²) in [5.41, 5.74) is 7.32. The van der Waals surface area contributed by atoms with Crippen molar-refractivity contribution in [3.05, 3.63) is 6.33 Å². The Morgan fingerprint density at radius 1 is 1.35 bits per heavy atom. The van der Waals surface area contributed by atoms with E-state index in [1.54, 1.807) is 7.11 Å². The topological polar surface area (TPSA) is 78.9 Å². The van der Waals surface area contributed by atoms with Crippen LogP contribution in [0.15, 0.2) is 6.33 Å². The molecule has 0 unspecified atom stereocenters. The van der Waals surface area contributed by atoms with Crippen molar-refractivity contribution in [3.8, 4) is 5.88 Å². The molecule has 0 spiro atoms. The summed E-state index contributed by atoms with van der Waals surface area (Å²) in [7, 11) is 1.56. The summed E-state index contributed by atoms with van der Waals surface area (Å²) in [5, 5.41) is 0. The van der Waals surface area contributed by atoms with Crippen molar-refractivity contribution in [1.82, 2.24) is 19.5 Å². The highest BCUT2D eigenvalue weighted by atomic mass is 16.5. The molecule has 2 heterocycles. The molecule has 0 aliphatic rings. The lowest BCUT2D eigenvalue weighted by Crippen LogP contribution is -2.10. The van der Waals surface area contributed by atoms with Crippen LogP contribution in [0.4, 0.5) is 5.95 Å². The van der Waals surface area contributed by atoms with Gasteiger partial charge in [-0.05, 0) is 12.8 Å². The largest absolute Gasteiger partial charge is 0.479 e. The number of nitrogen functional groups attached to an aromatic ring is 1. The summed E-state index contributed by atoms with van der Waals surface area (Å²) >= 11 is 0. The normalized spacial score (nSPS) is 11.3. The summed E-state index contributed by atoms with van der Waals surface area (Å²) in [6.07, 6.45) is 3.44. The number of anilines is 1. The van der Waals surface area contributed by atoms with Crippen LogP contribution < -0.4 is 10.5 Å². The number of imidazole rings is 1. The first-order valence-corrected chi connectivity index (χ1v) is 5.75. The van der Waals surface area contributed by atoms with E-state index in [4.69, 9.17) is 10.5 Å². The predicted molar refractivity (Wildman–Crippen MR) is 65.9 cm³/mol. The van der Waals surface area contributed by atoms with Gasteiger partial charge >= 0.3 is 0 Å². The molecule has 6 nitrogen and oxygen atoms in total. The van der Waals surface area contributed by atoms with Crippen molar-refractivity contribution >= 4 is 17.1 Å². The molecule has 0 saturated heterocycles. The van der Waals surface area contributed by atoms with Crippen LogP contribution in [0.2, 0.25) is 0 Å². The van der Waals surface area contributed by atoms with E-state index in [0.717, 1.165) is 18.5 Å². The van der Waals surface area contributed by atoms with Gasteiger partial charge in [0, 0.05) is 6.04 Å². The number of nitrogens with two attached hydrogens (primary N) is 1. The van der Waals surface area contributed by atoms with E-state index in [0.29, 0.717) is 23.4 Å². The molecule has 0 amide bonds. The number of fused-ring (bicyclic) bond motifs is 1. The summed E-state index contributed by atoms with van der Waals surface area (Å²) in [6.45, 7) is 4.25. The maximum absolute atomic E-state index is 5.96. The van der Waals surface area contributed by atoms with E-state index < -0.39 is 0 Å². The summed E-state index contributed by atoms with van der Waals surface area (Å²) in [5.74, 6) is 0.930. The van der Waals surface area contributed by atoms with Gasteiger partial charge in [0.15, 0.2) is 11.2 Å². The molecule has 0 atom stereocenters. The molecule has 0 radical (unpaired) electrons. The Hall–Kier alpha value is -1.85. The highest BCUT2D eigenvalue weighted by Crippen LogP contribution is 2.28. The maximum atomic E-state index is 5.96. The molecule has 17 heavy (non-hydrogen) atoms. The van der Waals surface area contributed by atoms with Gasteiger partial charge in [0.25, 0.3) is 0 Å². The van der Waals surface area contributed by atoms with Gasteiger partial charge in [-0.15, -0.1) is 0 Å². The lowest BCUT2D eigenvalue weighted by Gasteiger charge is -2.16. The average molecular weight is 235 g/mol. The van der Waals surface area contributed by atoms with E-state index in [2.05, 4.69) is 28.8 Å². The fourth-order valence-electron chi connectivity index (χ4n) is 2.07. The van der Waals surface area contributed by atoms with Crippen LogP contribution in [0.1, 0.15) is 32.7 Å². The smallest absolute Gasteiger partial charge is 0.245 e. The number of hydrogen-bond donors (Lipinski definition) is 1. The van der Waals surface area contributed by atoms with Crippen LogP contribution in [0.25, 0.3) is 11.2 Å². The van der Waals surface area contributed by atoms with Gasteiger partial charge in [-0.1, -0.05) is 13.8 Å². The first kappa shape index (κ1) is 11.6. The maximum Gasteiger partial charge on any atom is 0.245 e. The van der Waals surface area contributed by atoms with Crippen LogP contribution in [-0.4, -0.2) is 26.6 Å². The lowest BCUT2D eigenvalue weighted by atomic mass is 10.2. The van der Waals surface area contributed by atoms with Crippen LogP contribution in [-0.2, 0) is 0 Å². The summed E-state index contributed by atoms with van der Waals surface area (Å²) in [6, 6.07) is 0.305. The quantitative estimate of drug-likeness (QED) is 0.873. The van der Waals surface area contributed by atoms with Crippen LogP contribution in [0.5, 0.6) is 5.88 Å². The van der Waals surface area contributed by atoms with Crippen LogP contribution >= 0.6 is 0 Å². The molecule has 2 aromatic heterocycles. The minimum absolute atomic E-state index is 0.305. The zero-order valence-electron chi connectivity index (χ0n) is 10.3. The predicted octanol–water partition coefficient (Wildman–Crippen LogP) is 1.78. The Morgan fingerprint density at radius 3 is 2.65 bits per heavy atom. The molecule has 0 fully saturated rings. The second-order valence-electron chi connectivity index (χ2n) is 3.87. The van der Waals surface area contributed by atoms with Crippen molar-refractivity contribution in [2.75, 3.05) is 12.8 Å². The minimum atomic E-state index is 0.305. The van der Waals surface area contributed by atoms with Crippen LogP contribution in [0.3, 0.4) is 0 Å². The molecule has 6 heteroatoms. The van der Waals surface area contributed by atoms with Crippen molar-refractivity contribution in [1.29, 1.82) is 0 Å². The molecule has 2 aromatic rings. The Morgan fingerprint density at radius 2 is 2.06 bits per heavy atom. The van der Waals surface area contributed by atoms with Crippen molar-refractivity contribution < 1.29 is 4.74 Å². The van der Waals surface area contributed by atoms with E-state index >= 15 is 0 Å². The average Bonchev–Trinajstić information content (AvgIpc) is 2.68. The third-order valence-electron chi connectivity index (χ3n) is 2.97. The first-order valence-electron chi connectivity index (χ1n) is 5.75. The molecule has 0 bridgehead atoms. The van der Waals surface area contributed by atoms with E-state index in [9.17, 15) is 0 Å². The SMILES string of the molecule is CCC(CC)n1c(N)nc2c(OC)ncnc21. The van der Waals surface area contributed by atoms with Crippen molar-refractivity contribution in [2.24, 2.45) is 0 Å². The second-order valence-corrected chi connectivity index (χ2v) is 3.87. The monoisotopic (exact) mass is 235 g/mol. The minimum Gasteiger partial charge on any atom is -0.479 e. The molecule has 2 rings (SSSR count). The zero-order chi connectivity index (χ0) is 12.4. The van der Waals surface area contributed by atoms with Gasteiger partial charge in [-0.25, -0.2) is 9.97 Å². The second kappa shape index (κ2) is 4.57. The summed E-state index contributed by atoms with van der Waals surface area (Å²) in [4.78, 5) is 12.6. The third-order valence-corrected chi connectivity index (χ3v) is 2.97. The molecule has 92 valence electrons. The Balaban J connectivity index is 2.67. The molecular formula is C11H17N5O. The van der Waals surface area contributed by atoms with E-state index in [-0.39, 0.29) is 0 Å². The highest BCUT2D eigenvalue weighted by Gasteiger charge is 2.18. The standard InChI is InChI=1S/C11H17N5O/c1-4-7(5-2)16-9-8(15-11(16)12)10(17-3)14-6-13-9/h6-7H,4-5H2,1-3H3,(H2,12,15). The molecule has 0 saturated carbocycles. The van der Waals surface area contributed by atoms with E-state index in [1.807, 2.05) is 4.57 Å². The number of ether oxygens (including phenoxy) is 1. The first-order chi connectivity index (χ1) is 8.22. The molecule has 0 aromatic carbocycles. The highest BCUT2D eigenvalue weighted by molar-refractivity contribution is 5.79. The molecule has 2 N–H and O–H groups in total. The van der Waals surface area contributed by atoms with Gasteiger partial charge < -0.3 is 10.5 Å². The zero-order valence-corrected chi connectivity index (χ0v) is 10.3. The third kappa shape index (κ3) is 1.79. The summed E-state index contributed by atoms with van der Waals surface area (Å²) < 4.78 is 7.12. The Labute approximate surface area is 99.8 Å². The van der Waals surface area contributed by atoms with Crippen molar-refractivity contribution in [2.45, 2.75) is 32.7 Å². The molecule has 0 aliphatic heterocycles. The van der Waals surface area contributed by atoms with Crippen molar-refractivity contribution in [3.63, 3.8) is 0 Å². The van der Waals surface area contributed by atoms with Gasteiger partial charge in [0.2, 0.25) is 11.8 Å². The van der Waals surface area contributed by atoms with Gasteiger partial charge in [0.1, 0.15) is 6.33 Å². The lowest BCUT2D eigenvalue weighted by molar-refractivity contribution is 0.401. The fraction of sp³-hybridized carbons (Fsp3) is 0.545. The van der Waals surface area contributed by atoms with E-state index in [1.165, 1.54) is 6.33 Å². The molecular weight excluding hydrogens is 218 g/mol. The fourth-order valence-corrected chi connectivity index (χ4v) is 2.07. The Bertz CT molecular complexity index is 518. The number of methoxy groups -OCH3 is 1. The molecule has 0 aliphatic carbocycles. The van der Waals surface area contributed by atoms with Gasteiger partial charge in [-0.2, -0.15) is 4.98 Å². The Kier molecular flexibility index (Phi) is 3.12. The number of hydrogen-bond acceptors (Lipinski definition) is 5. The van der Waals surface area contributed by atoms with Gasteiger partial charge in [0.05, 0.1) is 7.11 Å².